The molecule has 0 saturated heterocycles. The number of nitrogen functional groups attached to an aromatic ring is 2. The summed E-state index contributed by atoms with van der Waals surface area (Å²) >= 11 is 0. The van der Waals surface area contributed by atoms with Crippen LogP contribution in [0.15, 0.2) is 24.3 Å². The minimum atomic E-state index is -0.234. The predicted molar refractivity (Wildman–Crippen MR) is 85.5 cm³/mol. The van der Waals surface area contributed by atoms with Crippen molar-refractivity contribution >= 4 is 11.8 Å². The van der Waals surface area contributed by atoms with Crippen molar-refractivity contribution in [2.45, 2.75) is 37.5 Å². The Balaban J connectivity index is 2.11. The van der Waals surface area contributed by atoms with Crippen LogP contribution in [-0.4, -0.2) is 22.3 Å². The number of ether oxygens (including phenoxy) is 1. The zero-order valence-corrected chi connectivity index (χ0v) is 12.7. The van der Waals surface area contributed by atoms with Crippen LogP contribution in [-0.2, 0) is 5.41 Å². The van der Waals surface area contributed by atoms with Gasteiger partial charge in [-0.05, 0) is 30.5 Å². The van der Waals surface area contributed by atoms with Gasteiger partial charge in [-0.15, -0.1) is 10.2 Å². The van der Waals surface area contributed by atoms with E-state index in [0.29, 0.717) is 5.82 Å². The Morgan fingerprint density at radius 3 is 2.27 bits per heavy atom. The van der Waals surface area contributed by atoms with Gasteiger partial charge in [-0.3, -0.25) is 0 Å². The zero-order valence-electron chi connectivity index (χ0n) is 12.7. The van der Waals surface area contributed by atoms with Crippen LogP contribution in [0.25, 0.3) is 0 Å². The molecule has 1 aromatic heterocycles. The topological polar surface area (TPSA) is 99.9 Å². The van der Waals surface area contributed by atoms with E-state index in [0.717, 1.165) is 37.1 Å². The second-order valence-electron chi connectivity index (χ2n) is 5.78. The van der Waals surface area contributed by atoms with Crippen LogP contribution in [0, 0.1) is 0 Å². The van der Waals surface area contributed by atoms with E-state index in [1.54, 1.807) is 7.11 Å². The van der Waals surface area contributed by atoms with Crippen LogP contribution in [0.5, 0.6) is 5.75 Å². The van der Waals surface area contributed by atoms with Crippen molar-refractivity contribution < 1.29 is 4.74 Å². The van der Waals surface area contributed by atoms with Crippen LogP contribution in [0.3, 0.4) is 0 Å². The molecule has 2 aromatic rings. The summed E-state index contributed by atoms with van der Waals surface area (Å²) in [6.07, 6.45) is 5.48. The molecule has 1 saturated carbocycles. The molecule has 1 aromatic carbocycles. The SMILES string of the molecule is COc1ccc(C2(c3nnc(N)nc3N)CCCCC2)cc1. The zero-order chi connectivity index (χ0) is 15.6. The Bertz CT molecular complexity index is 650. The van der Waals surface area contributed by atoms with Gasteiger partial charge < -0.3 is 16.2 Å². The van der Waals surface area contributed by atoms with Crippen molar-refractivity contribution in [1.29, 1.82) is 0 Å². The van der Waals surface area contributed by atoms with Crippen molar-refractivity contribution in [3.63, 3.8) is 0 Å². The summed E-state index contributed by atoms with van der Waals surface area (Å²) in [6, 6.07) is 8.11. The molecule has 1 aliphatic carbocycles. The third kappa shape index (κ3) is 2.45. The summed E-state index contributed by atoms with van der Waals surface area (Å²) in [6.45, 7) is 0. The Morgan fingerprint density at radius 1 is 1.00 bits per heavy atom. The number of rotatable bonds is 3. The molecule has 0 aliphatic heterocycles. The van der Waals surface area contributed by atoms with E-state index in [9.17, 15) is 0 Å². The summed E-state index contributed by atoms with van der Waals surface area (Å²) in [5.41, 5.74) is 13.4. The van der Waals surface area contributed by atoms with Crippen LogP contribution in [0.2, 0.25) is 0 Å². The summed E-state index contributed by atoms with van der Waals surface area (Å²) in [4.78, 5) is 4.11. The van der Waals surface area contributed by atoms with E-state index in [4.69, 9.17) is 16.2 Å². The maximum atomic E-state index is 6.11. The number of hydrogen-bond donors (Lipinski definition) is 2. The molecule has 1 aliphatic rings. The lowest BCUT2D eigenvalue weighted by atomic mass is 9.67. The van der Waals surface area contributed by atoms with Gasteiger partial charge in [-0.1, -0.05) is 31.4 Å². The Hall–Kier alpha value is -2.37. The van der Waals surface area contributed by atoms with Crippen LogP contribution in [0.4, 0.5) is 11.8 Å². The van der Waals surface area contributed by atoms with E-state index < -0.39 is 0 Å². The molecule has 3 rings (SSSR count). The third-order valence-corrected chi connectivity index (χ3v) is 4.53. The number of aromatic nitrogens is 3. The van der Waals surface area contributed by atoms with Gasteiger partial charge in [0, 0.05) is 5.41 Å². The highest BCUT2D eigenvalue weighted by molar-refractivity contribution is 5.49. The molecule has 0 spiro atoms. The summed E-state index contributed by atoms with van der Waals surface area (Å²) in [5, 5.41) is 8.23. The molecule has 1 fully saturated rings. The molecule has 0 atom stereocenters. The number of nitrogens with zero attached hydrogens (tertiary/aromatic N) is 3. The van der Waals surface area contributed by atoms with Gasteiger partial charge in [-0.2, -0.15) is 4.98 Å². The van der Waals surface area contributed by atoms with Crippen LogP contribution in [0.1, 0.15) is 43.4 Å². The van der Waals surface area contributed by atoms with Crippen LogP contribution < -0.4 is 16.2 Å². The van der Waals surface area contributed by atoms with E-state index in [1.165, 1.54) is 12.0 Å². The monoisotopic (exact) mass is 299 g/mol. The fraction of sp³-hybridized carbons (Fsp3) is 0.438. The molecule has 6 heteroatoms. The molecule has 0 bridgehead atoms. The highest BCUT2D eigenvalue weighted by Crippen LogP contribution is 2.45. The lowest BCUT2D eigenvalue weighted by Gasteiger charge is -2.37. The molecule has 1 heterocycles. The smallest absolute Gasteiger partial charge is 0.242 e. The second-order valence-corrected chi connectivity index (χ2v) is 5.78. The number of methoxy groups -OCH3 is 1. The molecule has 0 radical (unpaired) electrons. The minimum Gasteiger partial charge on any atom is -0.497 e. The number of hydrogen-bond acceptors (Lipinski definition) is 6. The number of benzene rings is 1. The molecule has 0 unspecified atom stereocenters. The van der Waals surface area contributed by atoms with Gasteiger partial charge in [-0.25, -0.2) is 0 Å². The largest absolute Gasteiger partial charge is 0.497 e. The first-order valence-electron chi connectivity index (χ1n) is 7.56. The first-order valence-corrected chi connectivity index (χ1v) is 7.56. The summed E-state index contributed by atoms with van der Waals surface area (Å²) in [7, 11) is 1.67. The van der Waals surface area contributed by atoms with Crippen LogP contribution >= 0.6 is 0 Å². The quantitative estimate of drug-likeness (QED) is 0.902. The van der Waals surface area contributed by atoms with Gasteiger partial charge in [0.2, 0.25) is 5.95 Å². The number of nitrogens with two attached hydrogens (primary N) is 2. The maximum Gasteiger partial charge on any atom is 0.242 e. The minimum absolute atomic E-state index is 0.113. The Labute approximate surface area is 129 Å². The van der Waals surface area contributed by atoms with Gasteiger partial charge in [0.15, 0.2) is 5.82 Å². The first kappa shape index (κ1) is 14.6. The molecule has 4 N–H and O–H groups in total. The van der Waals surface area contributed by atoms with Gasteiger partial charge in [0.25, 0.3) is 0 Å². The average molecular weight is 299 g/mol. The maximum absolute atomic E-state index is 6.11. The predicted octanol–water partition coefficient (Wildman–Crippen LogP) is 2.29. The van der Waals surface area contributed by atoms with Crippen molar-refractivity contribution in [3.8, 4) is 5.75 Å². The number of anilines is 2. The highest BCUT2D eigenvalue weighted by Gasteiger charge is 2.39. The van der Waals surface area contributed by atoms with Gasteiger partial charge in [0.1, 0.15) is 11.4 Å². The first-order chi connectivity index (χ1) is 10.7. The summed E-state index contributed by atoms with van der Waals surface area (Å²) in [5.74, 6) is 1.33. The van der Waals surface area contributed by atoms with Crippen molar-refractivity contribution in [2.75, 3.05) is 18.6 Å². The van der Waals surface area contributed by atoms with E-state index in [2.05, 4.69) is 27.3 Å². The average Bonchev–Trinajstić information content (AvgIpc) is 2.55. The van der Waals surface area contributed by atoms with E-state index >= 15 is 0 Å². The highest BCUT2D eigenvalue weighted by atomic mass is 16.5. The fourth-order valence-electron chi connectivity index (χ4n) is 3.42. The molecule has 22 heavy (non-hydrogen) atoms. The Kier molecular flexibility index (Phi) is 3.83. The molecular formula is C16H21N5O. The molecule has 0 amide bonds. The fourth-order valence-corrected chi connectivity index (χ4v) is 3.42. The lowest BCUT2D eigenvalue weighted by molar-refractivity contribution is 0.336. The third-order valence-electron chi connectivity index (χ3n) is 4.53. The summed E-state index contributed by atoms with van der Waals surface area (Å²) < 4.78 is 5.25. The van der Waals surface area contributed by atoms with Gasteiger partial charge in [0.05, 0.1) is 7.11 Å². The van der Waals surface area contributed by atoms with Crippen molar-refractivity contribution in [1.82, 2.24) is 15.2 Å². The van der Waals surface area contributed by atoms with Gasteiger partial charge >= 0.3 is 0 Å². The van der Waals surface area contributed by atoms with Crippen molar-refractivity contribution in [2.24, 2.45) is 0 Å². The standard InChI is InChI=1S/C16H21N5O/c1-22-12-7-5-11(6-8-12)16(9-3-2-4-10-16)13-14(17)19-15(18)21-20-13/h5-8H,2-4,9-10H2,1H3,(H4,17,18,19,21). The van der Waals surface area contributed by atoms with E-state index in [1.807, 2.05) is 12.1 Å². The van der Waals surface area contributed by atoms with Crippen molar-refractivity contribution in [3.05, 3.63) is 35.5 Å². The Morgan fingerprint density at radius 2 is 1.68 bits per heavy atom. The molecule has 6 nitrogen and oxygen atoms in total. The van der Waals surface area contributed by atoms with E-state index in [-0.39, 0.29) is 11.4 Å². The lowest BCUT2D eigenvalue weighted by Crippen LogP contribution is -2.33. The molecule has 116 valence electrons. The normalized spacial score (nSPS) is 17.1. The molecular weight excluding hydrogens is 278 g/mol. The second kappa shape index (κ2) is 5.79.